The second kappa shape index (κ2) is 4.50. The molecule has 0 saturated heterocycles. The van der Waals surface area contributed by atoms with Gasteiger partial charge in [-0.1, -0.05) is 0 Å². The Morgan fingerprint density at radius 1 is 1.11 bits per heavy atom. The fraction of sp³-hybridized carbons (Fsp3) is 0.0714. The van der Waals surface area contributed by atoms with E-state index in [4.69, 9.17) is 19.5 Å². The van der Waals surface area contributed by atoms with Crippen molar-refractivity contribution in [1.82, 2.24) is 0 Å². The Kier molecular flexibility index (Phi) is 2.69. The van der Waals surface area contributed by atoms with E-state index < -0.39 is 5.82 Å². The molecule has 1 heterocycles. The Morgan fingerprint density at radius 2 is 1.95 bits per heavy atom. The third-order valence-corrected chi connectivity index (χ3v) is 2.63. The number of halogens is 1. The summed E-state index contributed by atoms with van der Waals surface area (Å²) in [5, 5.41) is 8.66. The summed E-state index contributed by atoms with van der Waals surface area (Å²) in [6.45, 7) is 0.171. The number of rotatable bonds is 2. The highest BCUT2D eigenvalue weighted by Gasteiger charge is 2.14. The van der Waals surface area contributed by atoms with Crippen molar-refractivity contribution in [3.05, 3.63) is 47.8 Å². The Labute approximate surface area is 108 Å². The molecule has 1 aliphatic rings. The fourth-order valence-corrected chi connectivity index (χ4v) is 1.72. The van der Waals surface area contributed by atoms with Crippen LogP contribution in [0.5, 0.6) is 23.0 Å². The maximum absolute atomic E-state index is 13.7. The van der Waals surface area contributed by atoms with Gasteiger partial charge in [-0.05, 0) is 30.3 Å². The molecule has 0 aliphatic carbocycles. The predicted molar refractivity (Wildman–Crippen MR) is 63.8 cm³/mol. The number of nitriles is 1. The first-order chi connectivity index (χ1) is 9.26. The highest BCUT2D eigenvalue weighted by atomic mass is 19.1. The van der Waals surface area contributed by atoms with E-state index in [2.05, 4.69) is 0 Å². The Morgan fingerprint density at radius 3 is 2.74 bits per heavy atom. The first kappa shape index (κ1) is 11.4. The molecule has 0 atom stereocenters. The molecule has 3 rings (SSSR count). The first-order valence-corrected chi connectivity index (χ1v) is 5.53. The van der Waals surface area contributed by atoms with Gasteiger partial charge < -0.3 is 14.2 Å². The van der Waals surface area contributed by atoms with E-state index in [1.54, 1.807) is 18.2 Å². The smallest absolute Gasteiger partial charge is 0.231 e. The van der Waals surface area contributed by atoms with Crippen LogP contribution in [-0.4, -0.2) is 6.79 Å². The number of fused-ring (bicyclic) bond motifs is 1. The normalized spacial score (nSPS) is 12.0. The number of hydrogen-bond acceptors (Lipinski definition) is 4. The highest BCUT2D eigenvalue weighted by molar-refractivity contribution is 5.48. The van der Waals surface area contributed by atoms with E-state index in [1.165, 1.54) is 12.1 Å². The molecule has 1 aliphatic heterocycles. The molecule has 0 aromatic heterocycles. The molecule has 19 heavy (non-hydrogen) atoms. The Balaban J connectivity index is 1.87. The summed E-state index contributed by atoms with van der Waals surface area (Å²) in [6.07, 6.45) is 0. The van der Waals surface area contributed by atoms with Gasteiger partial charge in [0.15, 0.2) is 23.1 Å². The molecule has 2 aromatic rings. The molecule has 0 radical (unpaired) electrons. The molecule has 0 bridgehead atoms. The summed E-state index contributed by atoms with van der Waals surface area (Å²) in [6, 6.07) is 10.9. The monoisotopic (exact) mass is 257 g/mol. The zero-order valence-corrected chi connectivity index (χ0v) is 9.72. The van der Waals surface area contributed by atoms with E-state index in [0.717, 1.165) is 6.07 Å². The number of hydrogen-bond donors (Lipinski definition) is 0. The van der Waals surface area contributed by atoms with Gasteiger partial charge in [-0.25, -0.2) is 4.39 Å². The van der Waals surface area contributed by atoms with Crippen molar-refractivity contribution in [3.8, 4) is 29.1 Å². The molecule has 0 amide bonds. The van der Waals surface area contributed by atoms with Gasteiger partial charge in [0.25, 0.3) is 0 Å². The lowest BCUT2D eigenvalue weighted by molar-refractivity contribution is 0.174. The second-order valence-corrected chi connectivity index (χ2v) is 3.87. The van der Waals surface area contributed by atoms with Crippen molar-refractivity contribution in [2.75, 3.05) is 6.79 Å². The van der Waals surface area contributed by atoms with Crippen molar-refractivity contribution in [1.29, 1.82) is 5.26 Å². The van der Waals surface area contributed by atoms with Crippen molar-refractivity contribution in [3.63, 3.8) is 0 Å². The highest BCUT2D eigenvalue weighted by Crippen LogP contribution is 2.36. The SMILES string of the molecule is N#Cc1ccc(Oc2ccc3c(c2)OCO3)c(F)c1. The summed E-state index contributed by atoms with van der Waals surface area (Å²) in [7, 11) is 0. The van der Waals surface area contributed by atoms with Crippen molar-refractivity contribution in [2.45, 2.75) is 0 Å². The van der Waals surface area contributed by atoms with Crippen LogP contribution in [0.25, 0.3) is 0 Å². The van der Waals surface area contributed by atoms with Crippen molar-refractivity contribution in [2.24, 2.45) is 0 Å². The van der Waals surface area contributed by atoms with Crippen LogP contribution in [0.15, 0.2) is 36.4 Å². The lowest BCUT2D eigenvalue weighted by Gasteiger charge is -2.07. The van der Waals surface area contributed by atoms with Crippen LogP contribution >= 0.6 is 0 Å². The van der Waals surface area contributed by atoms with Crippen LogP contribution in [0.1, 0.15) is 5.56 Å². The molecule has 0 unspecified atom stereocenters. The van der Waals surface area contributed by atoms with Crippen LogP contribution in [-0.2, 0) is 0 Å². The van der Waals surface area contributed by atoms with Gasteiger partial charge in [0.05, 0.1) is 11.6 Å². The third kappa shape index (κ3) is 2.16. The summed E-state index contributed by atoms with van der Waals surface area (Å²) >= 11 is 0. The molecule has 0 saturated carbocycles. The van der Waals surface area contributed by atoms with Crippen molar-refractivity contribution >= 4 is 0 Å². The van der Waals surface area contributed by atoms with E-state index in [9.17, 15) is 4.39 Å². The van der Waals surface area contributed by atoms with Gasteiger partial charge >= 0.3 is 0 Å². The van der Waals surface area contributed by atoms with Gasteiger partial charge in [0.1, 0.15) is 5.75 Å². The number of ether oxygens (including phenoxy) is 3. The molecule has 0 fully saturated rings. The van der Waals surface area contributed by atoms with Crippen LogP contribution in [0.2, 0.25) is 0 Å². The quantitative estimate of drug-likeness (QED) is 0.828. The summed E-state index contributed by atoms with van der Waals surface area (Å²) < 4.78 is 29.5. The van der Waals surface area contributed by atoms with Gasteiger partial charge in [0.2, 0.25) is 6.79 Å². The summed E-state index contributed by atoms with van der Waals surface area (Å²) in [5.74, 6) is 1.10. The van der Waals surface area contributed by atoms with Gasteiger partial charge in [0, 0.05) is 6.07 Å². The molecule has 4 nitrogen and oxygen atoms in total. The molecular formula is C14H8FNO3. The van der Waals surface area contributed by atoms with E-state index in [1.807, 2.05) is 6.07 Å². The fourth-order valence-electron chi connectivity index (χ4n) is 1.72. The number of benzene rings is 2. The van der Waals surface area contributed by atoms with E-state index in [-0.39, 0.29) is 18.1 Å². The van der Waals surface area contributed by atoms with Crippen molar-refractivity contribution < 1.29 is 18.6 Å². The average molecular weight is 257 g/mol. The Hall–Kier alpha value is -2.74. The van der Waals surface area contributed by atoms with E-state index in [0.29, 0.717) is 17.2 Å². The average Bonchev–Trinajstić information content (AvgIpc) is 2.88. The lowest BCUT2D eigenvalue weighted by atomic mass is 10.2. The maximum atomic E-state index is 13.7. The van der Waals surface area contributed by atoms with Gasteiger partial charge in [-0.2, -0.15) is 5.26 Å². The van der Waals surface area contributed by atoms with Crippen LogP contribution in [0, 0.1) is 17.1 Å². The third-order valence-electron chi connectivity index (χ3n) is 2.63. The minimum atomic E-state index is -0.586. The molecule has 0 N–H and O–H groups in total. The molecule has 0 spiro atoms. The molecule has 94 valence electrons. The molecular weight excluding hydrogens is 249 g/mol. The van der Waals surface area contributed by atoms with Crippen LogP contribution in [0.3, 0.4) is 0 Å². The summed E-state index contributed by atoms with van der Waals surface area (Å²) in [5.41, 5.74) is 0.246. The predicted octanol–water partition coefficient (Wildman–Crippen LogP) is 3.22. The van der Waals surface area contributed by atoms with Gasteiger partial charge in [-0.3, -0.25) is 0 Å². The largest absolute Gasteiger partial charge is 0.454 e. The van der Waals surface area contributed by atoms with Crippen LogP contribution < -0.4 is 14.2 Å². The summed E-state index contributed by atoms with van der Waals surface area (Å²) in [4.78, 5) is 0. The lowest BCUT2D eigenvalue weighted by Crippen LogP contribution is -1.93. The minimum absolute atomic E-state index is 0.0536. The number of nitrogens with zero attached hydrogens (tertiary/aromatic N) is 1. The maximum Gasteiger partial charge on any atom is 0.231 e. The van der Waals surface area contributed by atoms with Crippen LogP contribution in [0.4, 0.5) is 4.39 Å². The Bertz CT molecular complexity index is 679. The standard InChI is InChI=1S/C14H8FNO3/c15-11-5-9(7-16)1-3-12(11)19-10-2-4-13-14(6-10)18-8-17-13/h1-6H,8H2. The topological polar surface area (TPSA) is 51.5 Å². The van der Waals surface area contributed by atoms with E-state index >= 15 is 0 Å². The first-order valence-electron chi connectivity index (χ1n) is 5.53. The zero-order valence-electron chi connectivity index (χ0n) is 9.72. The zero-order chi connectivity index (χ0) is 13.2. The molecule has 2 aromatic carbocycles. The second-order valence-electron chi connectivity index (χ2n) is 3.87. The minimum Gasteiger partial charge on any atom is -0.454 e. The molecule has 5 heteroatoms. The van der Waals surface area contributed by atoms with Gasteiger partial charge in [-0.15, -0.1) is 0 Å².